The molecule has 3 rings (SSSR count). The summed E-state index contributed by atoms with van der Waals surface area (Å²) in [5.74, 6) is 0.309. The Balaban J connectivity index is 1.89. The molecule has 0 aliphatic heterocycles. The summed E-state index contributed by atoms with van der Waals surface area (Å²) in [7, 11) is 1.54. The molecule has 0 radical (unpaired) electrons. The smallest absolute Gasteiger partial charge is 0.416 e. The van der Waals surface area contributed by atoms with E-state index in [-0.39, 0.29) is 11.6 Å². The van der Waals surface area contributed by atoms with E-state index >= 15 is 0 Å². The van der Waals surface area contributed by atoms with Crippen molar-refractivity contribution in [1.29, 1.82) is 0 Å². The molecule has 0 atom stereocenters. The summed E-state index contributed by atoms with van der Waals surface area (Å²) in [5, 5.41) is 2.65. The Morgan fingerprint density at radius 2 is 1.84 bits per heavy atom. The minimum atomic E-state index is -4.45. The molecule has 3 nitrogen and oxygen atoms in total. The number of carbonyl (C=O) groups excluding carboxylic acids is 1. The van der Waals surface area contributed by atoms with Crippen LogP contribution in [0.1, 0.15) is 30.4 Å². The summed E-state index contributed by atoms with van der Waals surface area (Å²) in [6.45, 7) is 0. The van der Waals surface area contributed by atoms with Gasteiger partial charge in [-0.3, -0.25) is 4.79 Å². The van der Waals surface area contributed by atoms with Crippen molar-refractivity contribution in [2.45, 2.75) is 30.9 Å². The molecular weight excluding hydrogens is 331 g/mol. The van der Waals surface area contributed by atoms with E-state index in [1.807, 2.05) is 18.2 Å². The van der Waals surface area contributed by atoms with Gasteiger partial charge in [0.15, 0.2) is 0 Å². The SMILES string of the molecule is COc1ccccc1C1(C(=O)Nc2cccc(C(F)(F)F)c2)CCC1. The Morgan fingerprint density at radius 1 is 1.12 bits per heavy atom. The van der Waals surface area contributed by atoms with Crippen LogP contribution in [0.3, 0.4) is 0 Å². The number of rotatable bonds is 4. The van der Waals surface area contributed by atoms with Crippen LogP contribution in [0.2, 0.25) is 0 Å². The molecule has 0 unspecified atom stereocenters. The van der Waals surface area contributed by atoms with Crippen molar-refractivity contribution in [2.75, 3.05) is 12.4 Å². The van der Waals surface area contributed by atoms with E-state index in [0.29, 0.717) is 18.6 Å². The van der Waals surface area contributed by atoms with Crippen LogP contribution in [0.15, 0.2) is 48.5 Å². The molecule has 1 fully saturated rings. The molecule has 1 aliphatic rings. The molecule has 1 N–H and O–H groups in total. The lowest BCUT2D eigenvalue weighted by Crippen LogP contribution is -2.46. The number of carbonyl (C=O) groups is 1. The molecular formula is C19H18F3NO2. The number of ether oxygens (including phenoxy) is 1. The van der Waals surface area contributed by atoms with E-state index in [1.165, 1.54) is 19.2 Å². The largest absolute Gasteiger partial charge is 0.496 e. The molecule has 0 saturated heterocycles. The highest BCUT2D eigenvalue weighted by Crippen LogP contribution is 2.48. The topological polar surface area (TPSA) is 38.3 Å². The first-order valence-electron chi connectivity index (χ1n) is 7.99. The lowest BCUT2D eigenvalue weighted by molar-refractivity contribution is -0.137. The number of para-hydroxylation sites is 1. The number of anilines is 1. The van der Waals surface area contributed by atoms with E-state index < -0.39 is 17.2 Å². The van der Waals surface area contributed by atoms with E-state index in [4.69, 9.17) is 4.74 Å². The summed E-state index contributed by atoms with van der Waals surface area (Å²) in [6.07, 6.45) is -2.29. The lowest BCUT2D eigenvalue weighted by atomic mass is 9.63. The van der Waals surface area contributed by atoms with Crippen molar-refractivity contribution in [3.8, 4) is 5.75 Å². The van der Waals surface area contributed by atoms with Crippen LogP contribution in [0, 0.1) is 0 Å². The molecule has 0 bridgehead atoms. The Bertz CT molecular complexity index is 782. The quantitative estimate of drug-likeness (QED) is 0.863. The molecule has 2 aromatic rings. The molecule has 0 heterocycles. The normalized spacial score (nSPS) is 16.0. The standard InChI is InChI=1S/C19H18F3NO2/c1-25-16-9-3-2-8-15(16)18(10-5-11-18)17(24)23-14-7-4-6-13(12-14)19(20,21)22/h2-4,6-9,12H,5,10-11H2,1H3,(H,23,24). The molecule has 0 spiro atoms. The first-order valence-corrected chi connectivity index (χ1v) is 7.99. The number of hydrogen-bond donors (Lipinski definition) is 1. The van der Waals surface area contributed by atoms with Gasteiger partial charge in [0.1, 0.15) is 5.75 Å². The minimum absolute atomic E-state index is 0.140. The van der Waals surface area contributed by atoms with Crippen molar-refractivity contribution in [3.05, 3.63) is 59.7 Å². The van der Waals surface area contributed by atoms with Crippen LogP contribution >= 0.6 is 0 Å². The van der Waals surface area contributed by atoms with Gasteiger partial charge in [0, 0.05) is 11.3 Å². The highest BCUT2D eigenvalue weighted by atomic mass is 19.4. The summed E-state index contributed by atoms with van der Waals surface area (Å²) < 4.78 is 43.9. The number of hydrogen-bond acceptors (Lipinski definition) is 2. The van der Waals surface area contributed by atoms with Crippen LogP contribution in [0.25, 0.3) is 0 Å². The third kappa shape index (κ3) is 3.21. The van der Waals surface area contributed by atoms with E-state index in [1.54, 1.807) is 6.07 Å². The molecule has 6 heteroatoms. The van der Waals surface area contributed by atoms with Crippen LogP contribution in [-0.2, 0) is 16.4 Å². The maximum atomic E-state index is 12.9. The van der Waals surface area contributed by atoms with Gasteiger partial charge in [-0.2, -0.15) is 13.2 Å². The van der Waals surface area contributed by atoms with Crippen LogP contribution in [-0.4, -0.2) is 13.0 Å². The van der Waals surface area contributed by atoms with Crippen LogP contribution < -0.4 is 10.1 Å². The minimum Gasteiger partial charge on any atom is -0.496 e. The van der Waals surface area contributed by atoms with Gasteiger partial charge in [0.05, 0.1) is 18.1 Å². The van der Waals surface area contributed by atoms with E-state index in [2.05, 4.69) is 5.32 Å². The Hall–Kier alpha value is -2.50. The Kier molecular flexibility index (Phi) is 4.45. The number of amides is 1. The van der Waals surface area contributed by atoms with Crippen molar-refractivity contribution in [1.82, 2.24) is 0 Å². The van der Waals surface area contributed by atoms with Gasteiger partial charge in [0.25, 0.3) is 0 Å². The second-order valence-corrected chi connectivity index (χ2v) is 6.17. The number of halogens is 3. The van der Waals surface area contributed by atoms with Gasteiger partial charge in [-0.15, -0.1) is 0 Å². The van der Waals surface area contributed by atoms with Crippen molar-refractivity contribution >= 4 is 11.6 Å². The van der Waals surface area contributed by atoms with Gasteiger partial charge in [0.2, 0.25) is 5.91 Å². The van der Waals surface area contributed by atoms with Gasteiger partial charge in [-0.25, -0.2) is 0 Å². The fourth-order valence-corrected chi connectivity index (χ4v) is 3.21. The zero-order valence-electron chi connectivity index (χ0n) is 13.7. The Morgan fingerprint density at radius 3 is 2.44 bits per heavy atom. The molecule has 0 aromatic heterocycles. The fraction of sp³-hybridized carbons (Fsp3) is 0.316. The Labute approximate surface area is 143 Å². The summed E-state index contributed by atoms with van der Waals surface area (Å²) >= 11 is 0. The molecule has 25 heavy (non-hydrogen) atoms. The summed E-state index contributed by atoms with van der Waals surface area (Å²) in [6, 6.07) is 11.9. The number of methoxy groups -OCH3 is 1. The monoisotopic (exact) mass is 349 g/mol. The molecule has 2 aromatic carbocycles. The van der Waals surface area contributed by atoms with Crippen molar-refractivity contribution in [2.24, 2.45) is 0 Å². The zero-order chi connectivity index (χ0) is 18.1. The molecule has 1 saturated carbocycles. The fourth-order valence-electron chi connectivity index (χ4n) is 3.21. The average Bonchev–Trinajstić information content (AvgIpc) is 2.54. The molecule has 132 valence electrons. The van der Waals surface area contributed by atoms with Crippen molar-refractivity contribution in [3.63, 3.8) is 0 Å². The number of alkyl halides is 3. The highest BCUT2D eigenvalue weighted by molar-refractivity contribution is 6.00. The zero-order valence-corrected chi connectivity index (χ0v) is 13.7. The predicted octanol–water partition coefficient (Wildman–Crippen LogP) is 4.77. The average molecular weight is 349 g/mol. The summed E-state index contributed by atoms with van der Waals surface area (Å²) in [4.78, 5) is 12.9. The van der Waals surface area contributed by atoms with Crippen LogP contribution in [0.5, 0.6) is 5.75 Å². The maximum Gasteiger partial charge on any atom is 0.416 e. The lowest BCUT2D eigenvalue weighted by Gasteiger charge is -2.41. The predicted molar refractivity (Wildman–Crippen MR) is 88.6 cm³/mol. The first-order chi connectivity index (χ1) is 11.9. The molecule has 1 amide bonds. The van der Waals surface area contributed by atoms with Gasteiger partial charge in [-0.05, 0) is 37.1 Å². The third-order valence-corrected chi connectivity index (χ3v) is 4.71. The number of nitrogens with one attached hydrogen (secondary N) is 1. The third-order valence-electron chi connectivity index (χ3n) is 4.71. The first kappa shape index (κ1) is 17.3. The van der Waals surface area contributed by atoms with E-state index in [9.17, 15) is 18.0 Å². The second kappa shape index (κ2) is 6.43. The van der Waals surface area contributed by atoms with E-state index in [0.717, 1.165) is 24.1 Å². The highest BCUT2D eigenvalue weighted by Gasteiger charge is 2.47. The summed E-state index contributed by atoms with van der Waals surface area (Å²) in [5.41, 5.74) is -0.639. The van der Waals surface area contributed by atoms with Gasteiger partial charge in [-0.1, -0.05) is 30.7 Å². The molecule has 1 aliphatic carbocycles. The second-order valence-electron chi connectivity index (χ2n) is 6.17. The van der Waals surface area contributed by atoms with Gasteiger partial charge >= 0.3 is 6.18 Å². The maximum absolute atomic E-state index is 12.9. The van der Waals surface area contributed by atoms with Crippen molar-refractivity contribution < 1.29 is 22.7 Å². The number of benzene rings is 2. The van der Waals surface area contributed by atoms with Gasteiger partial charge < -0.3 is 10.1 Å². The van der Waals surface area contributed by atoms with Crippen LogP contribution in [0.4, 0.5) is 18.9 Å².